The number of benzene rings is 2. The van der Waals surface area contributed by atoms with Gasteiger partial charge in [-0.15, -0.1) is 0 Å². The first-order chi connectivity index (χ1) is 42.7. The van der Waals surface area contributed by atoms with Crippen LogP contribution in [0.5, 0.6) is 0 Å². The van der Waals surface area contributed by atoms with Gasteiger partial charge < -0.3 is 103 Å². The van der Waals surface area contributed by atoms with Gasteiger partial charge in [-0.2, -0.15) is 0 Å². The van der Waals surface area contributed by atoms with Gasteiger partial charge in [-0.25, -0.2) is 0 Å². The standard InChI is InChI=1S/C58H92BrN17O14/c1-30(2)27-43-54(86)69-37(15-21-60)48(80)68-40(18-24-63)52(84)75-46(31(3)77)57(89)65-26-20-42(51(83)67-38(16-22-61)50(82)74-45(56(88)73-43)28-34-9-7-6-8-10-34)71-49(81)39(17-23-62)72-58(90)47(32(4)78)76-53(85)41(19-25-64)70-55(87)44(66-33(5)79)29-35-11-13-36(59)14-12-35/h6-14,30-32,37-47,77-78H,15-29,60-64H2,1-5H3,(H,65,89)(H,66,79)(H,67,83)(H,68,80)(H,69,86)(H,70,87)(H,71,81)(H,72,90)(H,73,88)(H,74,82)(H,75,84)(H,76,85)/t31-,32+,37+,38-,39+,40+,41+,42+,43+,44-,45-,46+,47+/m1/s1. The van der Waals surface area contributed by atoms with Crippen molar-refractivity contribution >= 4 is 86.8 Å². The molecule has 0 unspecified atom stereocenters. The molecule has 1 saturated heterocycles. The molecule has 90 heavy (non-hydrogen) atoms. The zero-order valence-electron chi connectivity index (χ0n) is 51.4. The maximum atomic E-state index is 14.6. The Hall–Kier alpha value is -7.72. The van der Waals surface area contributed by atoms with Gasteiger partial charge in [0.2, 0.25) is 70.9 Å². The molecule has 0 saturated carbocycles. The van der Waals surface area contributed by atoms with Gasteiger partial charge in [-0.1, -0.05) is 72.2 Å². The zero-order chi connectivity index (χ0) is 67.2. The van der Waals surface area contributed by atoms with Gasteiger partial charge in [0.25, 0.3) is 0 Å². The molecule has 24 N–H and O–H groups in total. The number of rotatable bonds is 27. The van der Waals surface area contributed by atoms with Crippen LogP contribution in [0, 0.1) is 5.92 Å². The summed E-state index contributed by atoms with van der Waals surface area (Å²) in [5.41, 5.74) is 30.7. The lowest BCUT2D eigenvalue weighted by atomic mass is 10.00. The van der Waals surface area contributed by atoms with Crippen LogP contribution in [0.2, 0.25) is 0 Å². The molecular formula is C58H92BrN17O14. The smallest absolute Gasteiger partial charge is 0.245 e. The first kappa shape index (κ1) is 76.5. The maximum Gasteiger partial charge on any atom is 0.245 e. The summed E-state index contributed by atoms with van der Waals surface area (Å²) in [6, 6.07) is -1.08. The first-order valence-corrected chi connectivity index (χ1v) is 30.7. The summed E-state index contributed by atoms with van der Waals surface area (Å²) < 4.78 is 0.767. The summed E-state index contributed by atoms with van der Waals surface area (Å²) in [5.74, 6) is -11.2. The molecule has 1 heterocycles. The van der Waals surface area contributed by atoms with Crippen molar-refractivity contribution in [1.82, 2.24) is 63.8 Å². The molecule has 3 rings (SSSR count). The van der Waals surface area contributed by atoms with Crippen LogP contribution >= 0.6 is 15.9 Å². The van der Waals surface area contributed by atoms with Gasteiger partial charge in [0, 0.05) is 30.8 Å². The molecule has 1 aliphatic heterocycles. The average Bonchev–Trinajstić information content (AvgIpc) is 1.55. The van der Waals surface area contributed by atoms with E-state index in [9.17, 15) is 67.7 Å². The predicted octanol–water partition coefficient (Wildman–Crippen LogP) is -6.34. The van der Waals surface area contributed by atoms with Crippen LogP contribution in [-0.4, -0.2) is 199 Å². The van der Waals surface area contributed by atoms with Crippen LogP contribution in [0.3, 0.4) is 0 Å². The third kappa shape index (κ3) is 26.0. The van der Waals surface area contributed by atoms with Gasteiger partial charge in [0.1, 0.15) is 66.5 Å². The van der Waals surface area contributed by atoms with E-state index in [1.165, 1.54) is 13.8 Å². The molecule has 13 atom stereocenters. The maximum absolute atomic E-state index is 14.6. The predicted molar refractivity (Wildman–Crippen MR) is 334 cm³/mol. The highest BCUT2D eigenvalue weighted by Crippen LogP contribution is 2.14. The molecule has 0 spiro atoms. The summed E-state index contributed by atoms with van der Waals surface area (Å²) in [6.07, 6.45) is -4.91. The van der Waals surface area contributed by atoms with Crippen LogP contribution in [0.4, 0.5) is 0 Å². The van der Waals surface area contributed by atoms with Crippen molar-refractivity contribution in [3.63, 3.8) is 0 Å². The van der Waals surface area contributed by atoms with Gasteiger partial charge in [0.05, 0.1) is 12.2 Å². The Labute approximate surface area is 531 Å². The van der Waals surface area contributed by atoms with Crippen LogP contribution in [0.25, 0.3) is 0 Å². The summed E-state index contributed by atoms with van der Waals surface area (Å²) in [4.78, 5) is 168. The molecule has 0 aromatic heterocycles. The highest BCUT2D eigenvalue weighted by atomic mass is 79.9. The Morgan fingerprint density at radius 3 is 1.50 bits per heavy atom. The number of aliphatic hydroxyl groups is 2. The van der Waals surface area contributed by atoms with Crippen LogP contribution < -0.4 is 92.5 Å². The molecule has 12 amide bonds. The lowest BCUT2D eigenvalue weighted by Gasteiger charge is -2.29. The van der Waals surface area contributed by atoms with Crippen LogP contribution in [0.1, 0.15) is 90.7 Å². The molecule has 2 aromatic carbocycles. The third-order valence-corrected chi connectivity index (χ3v) is 14.8. The van der Waals surface area contributed by atoms with E-state index in [0.717, 1.165) is 11.4 Å². The fraction of sp³-hybridized carbons (Fsp3) is 0.586. The second-order valence-electron chi connectivity index (χ2n) is 22.3. The molecular weight excluding hydrogens is 1240 g/mol. The van der Waals surface area contributed by atoms with E-state index in [1.54, 1.807) is 68.4 Å². The van der Waals surface area contributed by atoms with Gasteiger partial charge in [-0.3, -0.25) is 57.5 Å². The quantitative estimate of drug-likeness (QED) is 0.0396. The second kappa shape index (κ2) is 39.4. The molecule has 1 aliphatic rings. The van der Waals surface area contributed by atoms with E-state index in [1.807, 2.05) is 0 Å². The van der Waals surface area contributed by atoms with Crippen molar-refractivity contribution < 1.29 is 67.7 Å². The number of hydrogen-bond acceptors (Lipinski definition) is 19. The molecule has 1 fully saturated rings. The molecule has 31 nitrogen and oxygen atoms in total. The third-order valence-electron chi connectivity index (χ3n) is 14.2. The molecule has 0 aliphatic carbocycles. The highest BCUT2D eigenvalue weighted by Gasteiger charge is 2.38. The number of aliphatic hydroxyl groups excluding tert-OH is 2. The van der Waals surface area contributed by atoms with Crippen LogP contribution in [-0.2, 0) is 70.4 Å². The van der Waals surface area contributed by atoms with Crippen LogP contribution in [0.15, 0.2) is 59.1 Å². The molecule has 32 heteroatoms. The zero-order valence-corrected chi connectivity index (χ0v) is 53.0. The Kier molecular flexibility index (Phi) is 33.5. The first-order valence-electron chi connectivity index (χ1n) is 29.9. The number of amides is 12. The molecule has 0 radical (unpaired) electrons. The Bertz CT molecular complexity index is 2730. The normalized spacial score (nSPS) is 22.2. The fourth-order valence-electron chi connectivity index (χ4n) is 9.45. The van der Waals surface area contributed by atoms with E-state index in [-0.39, 0.29) is 90.0 Å². The number of nitrogens with one attached hydrogen (secondary N) is 12. The van der Waals surface area contributed by atoms with E-state index >= 15 is 0 Å². The number of carbonyl (C=O) groups is 12. The minimum absolute atomic E-state index is 0.0249. The van der Waals surface area contributed by atoms with Gasteiger partial charge in [0.15, 0.2) is 0 Å². The molecule has 2 aromatic rings. The van der Waals surface area contributed by atoms with Crippen molar-refractivity contribution in [3.8, 4) is 0 Å². The Morgan fingerprint density at radius 1 is 0.533 bits per heavy atom. The number of carbonyl (C=O) groups excluding carboxylic acids is 12. The van der Waals surface area contributed by atoms with E-state index in [0.29, 0.717) is 11.1 Å². The summed E-state index contributed by atoms with van der Waals surface area (Å²) in [7, 11) is 0. The minimum Gasteiger partial charge on any atom is -0.391 e. The summed E-state index contributed by atoms with van der Waals surface area (Å²) in [5, 5.41) is 52.1. The fourth-order valence-corrected chi connectivity index (χ4v) is 9.72. The number of halogens is 1. The second-order valence-corrected chi connectivity index (χ2v) is 23.2. The van der Waals surface area contributed by atoms with Gasteiger partial charge in [-0.05, 0) is 121 Å². The number of hydrogen-bond donors (Lipinski definition) is 19. The Morgan fingerprint density at radius 2 is 1.00 bits per heavy atom. The lowest BCUT2D eigenvalue weighted by molar-refractivity contribution is -0.137. The average molecular weight is 1330 g/mol. The summed E-state index contributed by atoms with van der Waals surface area (Å²) in [6.45, 7) is 5.69. The van der Waals surface area contributed by atoms with Crippen molar-refractivity contribution in [2.75, 3.05) is 39.3 Å². The van der Waals surface area contributed by atoms with Gasteiger partial charge >= 0.3 is 0 Å². The van der Waals surface area contributed by atoms with Crippen molar-refractivity contribution in [2.24, 2.45) is 34.6 Å². The topological polar surface area (TPSA) is 520 Å². The summed E-state index contributed by atoms with van der Waals surface area (Å²) >= 11 is 3.35. The molecule has 0 bridgehead atoms. The largest absolute Gasteiger partial charge is 0.391 e. The van der Waals surface area contributed by atoms with Crippen molar-refractivity contribution in [3.05, 3.63) is 70.2 Å². The monoisotopic (exact) mass is 1330 g/mol. The van der Waals surface area contributed by atoms with E-state index in [2.05, 4.69) is 79.7 Å². The Balaban J connectivity index is 2.08. The van der Waals surface area contributed by atoms with E-state index < -0.39 is 163 Å². The number of nitrogens with two attached hydrogens (primary N) is 5. The van der Waals surface area contributed by atoms with Crippen molar-refractivity contribution in [2.45, 2.75) is 171 Å². The SMILES string of the molecule is CC(=O)N[C@H](Cc1ccc(Br)cc1)C(=O)N[C@@H](CCN)C(=O)N[C@H](C(=O)N[C@@H](CCN)C(=O)N[C@H]1CCNC(=O)[C@H]([C@@H](C)O)NC(=O)[C@H](CCN)NC(=O)[C@H](CCN)NC(=O)[C@H](CC(C)C)NC(=O)[C@@H](Cc2ccccc2)NC(=O)[C@@H](CCN)NC1=O)[C@H](C)O. The minimum atomic E-state index is -1.81. The van der Waals surface area contributed by atoms with Crippen molar-refractivity contribution in [1.29, 1.82) is 0 Å². The lowest BCUT2D eigenvalue weighted by Crippen LogP contribution is -2.62. The molecule has 500 valence electrons. The highest BCUT2D eigenvalue weighted by molar-refractivity contribution is 9.10. The van der Waals surface area contributed by atoms with E-state index in [4.69, 9.17) is 28.7 Å².